The molecule has 22 heavy (non-hydrogen) atoms. The third-order valence-corrected chi connectivity index (χ3v) is 3.81. The summed E-state index contributed by atoms with van der Waals surface area (Å²) in [7, 11) is 0. The highest BCUT2D eigenvalue weighted by Gasteiger charge is 1.93. The van der Waals surface area contributed by atoms with Crippen LogP contribution in [0.1, 0.15) is 96.8 Å². The van der Waals surface area contributed by atoms with Gasteiger partial charge in [0.15, 0.2) is 0 Å². The van der Waals surface area contributed by atoms with Gasteiger partial charge in [-0.3, -0.25) is 4.79 Å². The summed E-state index contributed by atoms with van der Waals surface area (Å²) in [6.07, 6.45) is 25.3. The first-order chi connectivity index (χ1) is 10.8. The van der Waals surface area contributed by atoms with Crippen molar-refractivity contribution in [1.29, 1.82) is 0 Å². The van der Waals surface area contributed by atoms with Crippen LogP contribution >= 0.6 is 0 Å². The van der Waals surface area contributed by atoms with Gasteiger partial charge in [0.05, 0.1) is 0 Å². The summed E-state index contributed by atoms with van der Waals surface area (Å²) in [5.41, 5.74) is 0. The average molecular weight is 309 g/mol. The molecule has 0 saturated carbocycles. The van der Waals surface area contributed by atoms with Gasteiger partial charge in [-0.05, 0) is 51.4 Å². The molecule has 0 atom stereocenters. The van der Waals surface area contributed by atoms with E-state index in [2.05, 4.69) is 31.2 Å². The van der Waals surface area contributed by atoms with Crippen molar-refractivity contribution in [3.8, 4) is 0 Å². The molecule has 0 heterocycles. The number of rotatable bonds is 16. The summed E-state index contributed by atoms with van der Waals surface area (Å²) in [5, 5.41) is 8.51. The number of carboxylic acids is 1. The molecule has 0 unspecified atom stereocenters. The van der Waals surface area contributed by atoms with Crippen molar-refractivity contribution in [2.24, 2.45) is 0 Å². The minimum atomic E-state index is -0.693. The van der Waals surface area contributed by atoms with Crippen LogP contribution in [-0.4, -0.2) is 11.1 Å². The lowest BCUT2D eigenvalue weighted by molar-refractivity contribution is -0.137. The molecule has 0 spiro atoms. The normalized spacial score (nSPS) is 11.7. The van der Waals surface area contributed by atoms with Gasteiger partial charge in [-0.1, -0.05) is 63.3 Å². The lowest BCUT2D eigenvalue weighted by Gasteiger charge is -1.98. The Morgan fingerprint density at radius 3 is 1.59 bits per heavy atom. The van der Waals surface area contributed by atoms with Gasteiger partial charge in [0.1, 0.15) is 0 Å². The van der Waals surface area contributed by atoms with E-state index in [1.807, 2.05) is 0 Å². The molecule has 0 bridgehead atoms. The Hall–Kier alpha value is -1.05. The summed E-state index contributed by atoms with van der Waals surface area (Å²) in [6, 6.07) is 0. The van der Waals surface area contributed by atoms with Gasteiger partial charge < -0.3 is 5.11 Å². The van der Waals surface area contributed by atoms with Crippen LogP contribution in [0.15, 0.2) is 24.3 Å². The topological polar surface area (TPSA) is 37.3 Å². The second-order valence-corrected chi connectivity index (χ2v) is 6.07. The van der Waals surface area contributed by atoms with Crippen LogP contribution in [0.2, 0.25) is 0 Å². The van der Waals surface area contributed by atoms with Crippen LogP contribution in [0.25, 0.3) is 0 Å². The van der Waals surface area contributed by atoms with Crippen LogP contribution in [0, 0.1) is 0 Å². The molecule has 0 aromatic heterocycles. The summed E-state index contributed by atoms with van der Waals surface area (Å²) in [4.78, 5) is 10.3. The molecule has 0 rings (SSSR count). The molecule has 0 amide bonds. The average Bonchev–Trinajstić information content (AvgIpc) is 2.50. The highest BCUT2D eigenvalue weighted by Crippen LogP contribution is 2.08. The van der Waals surface area contributed by atoms with Crippen LogP contribution < -0.4 is 0 Å². The fourth-order valence-corrected chi connectivity index (χ4v) is 2.41. The molecule has 0 fully saturated rings. The van der Waals surface area contributed by atoms with Crippen molar-refractivity contribution in [3.05, 3.63) is 24.3 Å². The highest BCUT2D eigenvalue weighted by molar-refractivity contribution is 5.66. The minimum Gasteiger partial charge on any atom is -0.481 e. The SMILES string of the molecule is CCCCCCCC/C=C\CCCC/C=C\CCCC(=O)O. The summed E-state index contributed by atoms with van der Waals surface area (Å²) >= 11 is 0. The molecular formula is C20H36O2. The first kappa shape index (κ1) is 20.9. The Kier molecular flexibility index (Phi) is 17.1. The van der Waals surface area contributed by atoms with Crippen molar-refractivity contribution in [2.75, 3.05) is 0 Å². The van der Waals surface area contributed by atoms with Gasteiger partial charge in [-0.25, -0.2) is 0 Å². The lowest BCUT2D eigenvalue weighted by atomic mass is 10.1. The molecule has 128 valence electrons. The molecule has 0 aromatic rings. The van der Waals surface area contributed by atoms with Gasteiger partial charge in [0, 0.05) is 6.42 Å². The molecule has 1 N–H and O–H groups in total. The number of aliphatic carboxylic acids is 1. The maximum atomic E-state index is 10.3. The quantitative estimate of drug-likeness (QED) is 0.255. The largest absolute Gasteiger partial charge is 0.481 e. The summed E-state index contributed by atoms with van der Waals surface area (Å²) in [5.74, 6) is -0.693. The molecule has 0 saturated heterocycles. The zero-order valence-electron chi connectivity index (χ0n) is 14.6. The predicted octanol–water partition coefficient (Wildman–Crippen LogP) is 6.66. The molecule has 0 aliphatic carbocycles. The Morgan fingerprint density at radius 2 is 1.09 bits per heavy atom. The monoisotopic (exact) mass is 308 g/mol. The first-order valence-corrected chi connectivity index (χ1v) is 9.29. The Balaban J connectivity index is 3.17. The van der Waals surface area contributed by atoms with Gasteiger partial charge in [0.2, 0.25) is 0 Å². The van der Waals surface area contributed by atoms with Gasteiger partial charge >= 0.3 is 5.97 Å². The first-order valence-electron chi connectivity index (χ1n) is 9.29. The van der Waals surface area contributed by atoms with Crippen LogP contribution in [-0.2, 0) is 4.79 Å². The number of unbranched alkanes of at least 4 members (excludes halogenated alkanes) is 10. The number of carboxylic acid groups (broad SMARTS) is 1. The third kappa shape index (κ3) is 18.9. The Bertz CT molecular complexity index is 292. The fourth-order valence-electron chi connectivity index (χ4n) is 2.41. The van der Waals surface area contributed by atoms with Gasteiger partial charge in [0.25, 0.3) is 0 Å². The lowest BCUT2D eigenvalue weighted by Crippen LogP contribution is -1.92. The van der Waals surface area contributed by atoms with E-state index in [4.69, 9.17) is 5.11 Å². The molecule has 2 heteroatoms. The van der Waals surface area contributed by atoms with Crippen LogP contribution in [0.5, 0.6) is 0 Å². The van der Waals surface area contributed by atoms with E-state index >= 15 is 0 Å². The van der Waals surface area contributed by atoms with E-state index in [9.17, 15) is 4.79 Å². The van der Waals surface area contributed by atoms with Crippen molar-refractivity contribution in [3.63, 3.8) is 0 Å². The molecule has 0 aromatic carbocycles. The van der Waals surface area contributed by atoms with E-state index in [1.165, 1.54) is 64.2 Å². The number of hydrogen-bond acceptors (Lipinski definition) is 1. The Morgan fingerprint density at radius 1 is 0.682 bits per heavy atom. The zero-order valence-corrected chi connectivity index (χ0v) is 14.6. The van der Waals surface area contributed by atoms with Crippen molar-refractivity contribution < 1.29 is 9.90 Å². The second-order valence-electron chi connectivity index (χ2n) is 6.07. The standard InChI is InChI=1S/C20H36O2/c1-2-3-4-5-6-7-8-9-10-11-12-13-14-15-16-17-18-19-20(21)22/h9-10,15-16H,2-8,11-14,17-19H2,1H3,(H,21,22)/b10-9-,16-15-. The van der Waals surface area contributed by atoms with E-state index in [-0.39, 0.29) is 6.42 Å². The molecule has 0 aliphatic rings. The Labute approximate surface area is 137 Å². The molecule has 0 radical (unpaired) electrons. The number of allylic oxidation sites excluding steroid dienone is 4. The summed E-state index contributed by atoms with van der Waals surface area (Å²) < 4.78 is 0. The predicted molar refractivity (Wildman–Crippen MR) is 96.2 cm³/mol. The number of hydrogen-bond donors (Lipinski definition) is 1. The maximum Gasteiger partial charge on any atom is 0.303 e. The van der Waals surface area contributed by atoms with Crippen molar-refractivity contribution in [1.82, 2.24) is 0 Å². The molecule has 0 aliphatic heterocycles. The third-order valence-electron chi connectivity index (χ3n) is 3.81. The molecular weight excluding hydrogens is 272 g/mol. The number of carbonyl (C=O) groups is 1. The maximum absolute atomic E-state index is 10.3. The smallest absolute Gasteiger partial charge is 0.303 e. The highest BCUT2D eigenvalue weighted by atomic mass is 16.4. The minimum absolute atomic E-state index is 0.285. The summed E-state index contributed by atoms with van der Waals surface area (Å²) in [6.45, 7) is 2.26. The fraction of sp³-hybridized carbons (Fsp3) is 0.750. The van der Waals surface area contributed by atoms with E-state index in [0.717, 1.165) is 19.3 Å². The van der Waals surface area contributed by atoms with Crippen LogP contribution in [0.4, 0.5) is 0 Å². The second kappa shape index (κ2) is 18.0. The van der Waals surface area contributed by atoms with E-state index in [1.54, 1.807) is 0 Å². The van der Waals surface area contributed by atoms with Crippen molar-refractivity contribution >= 4 is 5.97 Å². The van der Waals surface area contributed by atoms with E-state index in [0.29, 0.717) is 0 Å². The van der Waals surface area contributed by atoms with E-state index < -0.39 is 5.97 Å². The van der Waals surface area contributed by atoms with Gasteiger partial charge in [-0.2, -0.15) is 0 Å². The van der Waals surface area contributed by atoms with Crippen molar-refractivity contribution in [2.45, 2.75) is 96.8 Å². The van der Waals surface area contributed by atoms with Gasteiger partial charge in [-0.15, -0.1) is 0 Å². The van der Waals surface area contributed by atoms with Crippen LogP contribution in [0.3, 0.4) is 0 Å². The molecule has 2 nitrogen and oxygen atoms in total. The zero-order chi connectivity index (χ0) is 16.3.